The van der Waals surface area contributed by atoms with E-state index in [4.69, 9.17) is 9.47 Å². The minimum Gasteiger partial charge on any atom is -0.497 e. The van der Waals surface area contributed by atoms with Crippen molar-refractivity contribution in [2.24, 2.45) is 5.92 Å². The SMILES string of the molecule is COc1ccc(OC)c(C=C(CBr)C(C)C)c1. The highest BCUT2D eigenvalue weighted by Crippen LogP contribution is 2.28. The van der Waals surface area contributed by atoms with Gasteiger partial charge in [0.2, 0.25) is 0 Å². The lowest BCUT2D eigenvalue weighted by atomic mass is 10.0. The zero-order valence-electron chi connectivity index (χ0n) is 10.8. The Labute approximate surface area is 112 Å². The molecule has 0 saturated heterocycles. The van der Waals surface area contributed by atoms with Crippen LogP contribution >= 0.6 is 15.9 Å². The first-order valence-corrected chi connectivity index (χ1v) is 6.73. The van der Waals surface area contributed by atoms with Gasteiger partial charge in [0.25, 0.3) is 0 Å². The number of rotatable bonds is 5. The molecule has 17 heavy (non-hydrogen) atoms. The quantitative estimate of drug-likeness (QED) is 0.761. The van der Waals surface area contributed by atoms with E-state index in [0.29, 0.717) is 5.92 Å². The lowest BCUT2D eigenvalue weighted by Crippen LogP contribution is -1.96. The zero-order chi connectivity index (χ0) is 12.8. The molecule has 0 aliphatic carbocycles. The number of ether oxygens (including phenoxy) is 2. The van der Waals surface area contributed by atoms with E-state index in [1.54, 1.807) is 14.2 Å². The Morgan fingerprint density at radius 2 is 2.00 bits per heavy atom. The highest BCUT2D eigenvalue weighted by atomic mass is 79.9. The third kappa shape index (κ3) is 3.77. The Morgan fingerprint density at radius 1 is 1.29 bits per heavy atom. The van der Waals surface area contributed by atoms with Gasteiger partial charge in [-0.25, -0.2) is 0 Å². The molecule has 0 fully saturated rings. The summed E-state index contributed by atoms with van der Waals surface area (Å²) in [6.07, 6.45) is 2.15. The summed E-state index contributed by atoms with van der Waals surface area (Å²) in [5, 5.41) is 0.866. The average Bonchev–Trinajstić information content (AvgIpc) is 2.35. The summed E-state index contributed by atoms with van der Waals surface area (Å²) in [6, 6.07) is 5.82. The van der Waals surface area contributed by atoms with Crippen LogP contribution in [0.3, 0.4) is 0 Å². The number of hydrogen-bond acceptors (Lipinski definition) is 2. The minimum atomic E-state index is 0.505. The number of methoxy groups -OCH3 is 2. The number of alkyl halides is 1. The van der Waals surface area contributed by atoms with E-state index in [-0.39, 0.29) is 0 Å². The molecule has 0 atom stereocenters. The van der Waals surface area contributed by atoms with Crippen LogP contribution in [0.5, 0.6) is 11.5 Å². The van der Waals surface area contributed by atoms with E-state index in [2.05, 4.69) is 35.9 Å². The van der Waals surface area contributed by atoms with E-state index in [1.165, 1.54) is 5.57 Å². The molecule has 0 heterocycles. The summed E-state index contributed by atoms with van der Waals surface area (Å²) in [7, 11) is 3.35. The molecule has 0 aliphatic rings. The maximum atomic E-state index is 5.35. The molecule has 0 radical (unpaired) electrons. The average molecular weight is 299 g/mol. The molecule has 0 N–H and O–H groups in total. The molecule has 1 rings (SSSR count). The molecule has 0 aliphatic heterocycles. The van der Waals surface area contributed by atoms with Gasteiger partial charge in [0.15, 0.2) is 0 Å². The predicted octanol–water partition coefficient (Wildman–Crippen LogP) is 4.14. The fourth-order valence-corrected chi connectivity index (χ4v) is 2.32. The Bertz CT molecular complexity index is 397. The van der Waals surface area contributed by atoms with E-state index in [9.17, 15) is 0 Å². The minimum absolute atomic E-state index is 0.505. The van der Waals surface area contributed by atoms with Gasteiger partial charge in [-0.1, -0.05) is 41.4 Å². The number of allylic oxidation sites excluding steroid dienone is 1. The third-order valence-corrected chi connectivity index (χ3v) is 3.32. The van der Waals surface area contributed by atoms with Crippen LogP contribution in [-0.2, 0) is 0 Å². The van der Waals surface area contributed by atoms with Crippen molar-refractivity contribution < 1.29 is 9.47 Å². The van der Waals surface area contributed by atoms with Gasteiger partial charge in [0.1, 0.15) is 11.5 Å². The summed E-state index contributed by atoms with van der Waals surface area (Å²) in [4.78, 5) is 0. The smallest absolute Gasteiger partial charge is 0.126 e. The van der Waals surface area contributed by atoms with Crippen LogP contribution in [0.2, 0.25) is 0 Å². The monoisotopic (exact) mass is 298 g/mol. The second-order valence-electron chi connectivity index (χ2n) is 4.12. The molecular formula is C14H19BrO2. The second-order valence-corrected chi connectivity index (χ2v) is 4.68. The summed E-state index contributed by atoms with van der Waals surface area (Å²) >= 11 is 3.52. The van der Waals surface area contributed by atoms with Crippen molar-refractivity contribution >= 4 is 22.0 Å². The van der Waals surface area contributed by atoms with Crippen LogP contribution in [-0.4, -0.2) is 19.5 Å². The molecule has 2 nitrogen and oxygen atoms in total. The Hall–Kier alpha value is -0.960. The molecule has 3 heteroatoms. The normalized spacial score (nSPS) is 11.8. The van der Waals surface area contributed by atoms with Gasteiger partial charge in [0, 0.05) is 10.9 Å². The molecule has 0 unspecified atom stereocenters. The van der Waals surface area contributed by atoms with Gasteiger partial charge in [0.05, 0.1) is 14.2 Å². The Kier molecular flexibility index (Phi) is 5.56. The Balaban J connectivity index is 3.18. The van der Waals surface area contributed by atoms with Gasteiger partial charge in [-0.2, -0.15) is 0 Å². The highest BCUT2D eigenvalue weighted by Gasteiger charge is 2.06. The van der Waals surface area contributed by atoms with E-state index >= 15 is 0 Å². The Morgan fingerprint density at radius 3 is 2.47 bits per heavy atom. The van der Waals surface area contributed by atoms with Gasteiger partial charge < -0.3 is 9.47 Å². The molecule has 0 saturated carbocycles. The molecule has 0 amide bonds. The van der Waals surface area contributed by atoms with Crippen LogP contribution in [0.1, 0.15) is 19.4 Å². The van der Waals surface area contributed by atoms with Crippen molar-refractivity contribution in [1.82, 2.24) is 0 Å². The molecule has 1 aromatic carbocycles. The molecule has 94 valence electrons. The van der Waals surface area contributed by atoms with Crippen LogP contribution in [0.25, 0.3) is 6.08 Å². The van der Waals surface area contributed by atoms with Crippen molar-refractivity contribution in [3.63, 3.8) is 0 Å². The van der Waals surface area contributed by atoms with E-state index in [0.717, 1.165) is 22.4 Å². The second kappa shape index (κ2) is 6.70. The van der Waals surface area contributed by atoms with Crippen molar-refractivity contribution in [1.29, 1.82) is 0 Å². The van der Waals surface area contributed by atoms with E-state index in [1.807, 2.05) is 18.2 Å². The summed E-state index contributed by atoms with van der Waals surface area (Å²) in [6.45, 7) is 4.36. The summed E-state index contributed by atoms with van der Waals surface area (Å²) in [5.74, 6) is 2.21. The van der Waals surface area contributed by atoms with Gasteiger partial charge in [-0.15, -0.1) is 0 Å². The largest absolute Gasteiger partial charge is 0.497 e. The van der Waals surface area contributed by atoms with Crippen molar-refractivity contribution in [2.75, 3.05) is 19.5 Å². The van der Waals surface area contributed by atoms with Gasteiger partial charge in [-0.3, -0.25) is 0 Å². The predicted molar refractivity (Wildman–Crippen MR) is 76.2 cm³/mol. The number of hydrogen-bond donors (Lipinski definition) is 0. The lowest BCUT2D eigenvalue weighted by Gasteiger charge is -2.11. The molecule has 0 bridgehead atoms. The topological polar surface area (TPSA) is 18.5 Å². The molecule has 0 aromatic heterocycles. The van der Waals surface area contributed by atoms with Crippen LogP contribution < -0.4 is 9.47 Å². The van der Waals surface area contributed by atoms with Crippen LogP contribution in [0.15, 0.2) is 23.8 Å². The fraction of sp³-hybridized carbons (Fsp3) is 0.429. The van der Waals surface area contributed by atoms with Crippen LogP contribution in [0.4, 0.5) is 0 Å². The number of benzene rings is 1. The first-order valence-electron chi connectivity index (χ1n) is 5.60. The summed E-state index contributed by atoms with van der Waals surface area (Å²) in [5.41, 5.74) is 2.38. The maximum absolute atomic E-state index is 5.35. The lowest BCUT2D eigenvalue weighted by molar-refractivity contribution is 0.402. The fourth-order valence-electron chi connectivity index (χ4n) is 1.51. The zero-order valence-corrected chi connectivity index (χ0v) is 12.4. The van der Waals surface area contributed by atoms with Crippen LogP contribution in [0, 0.1) is 5.92 Å². The number of halogens is 1. The van der Waals surface area contributed by atoms with E-state index < -0.39 is 0 Å². The van der Waals surface area contributed by atoms with Crippen molar-refractivity contribution in [3.05, 3.63) is 29.3 Å². The van der Waals surface area contributed by atoms with Crippen molar-refractivity contribution in [2.45, 2.75) is 13.8 Å². The van der Waals surface area contributed by atoms with Gasteiger partial charge in [-0.05, 0) is 24.1 Å². The molecule has 1 aromatic rings. The summed E-state index contributed by atoms with van der Waals surface area (Å²) < 4.78 is 10.6. The first-order chi connectivity index (χ1) is 8.12. The molecular weight excluding hydrogens is 280 g/mol. The highest BCUT2D eigenvalue weighted by molar-refractivity contribution is 9.09. The first kappa shape index (κ1) is 14.1. The third-order valence-electron chi connectivity index (χ3n) is 2.67. The van der Waals surface area contributed by atoms with Crippen molar-refractivity contribution in [3.8, 4) is 11.5 Å². The maximum Gasteiger partial charge on any atom is 0.126 e. The standard InChI is InChI=1S/C14H19BrO2/c1-10(2)12(9-15)7-11-8-13(16-3)5-6-14(11)17-4/h5-8,10H,9H2,1-4H3. The molecule has 0 spiro atoms. The van der Waals surface area contributed by atoms with Gasteiger partial charge >= 0.3 is 0 Å².